The Bertz CT molecular complexity index is 366. The zero-order valence-corrected chi connectivity index (χ0v) is 8.79. The number of nitrogens with zero attached hydrogens (tertiary/aromatic N) is 1. The molecule has 1 unspecified atom stereocenters. The van der Waals surface area contributed by atoms with Crippen LogP contribution in [0.2, 0.25) is 0 Å². The largest absolute Gasteiger partial charge is 0.479 e. The SMILES string of the molecule is C[C@H]1C(=O)C(C(=O)O)N2C(=O)[C@@H](CCO)[C@@H]12. The van der Waals surface area contributed by atoms with Gasteiger partial charge in [-0.05, 0) is 6.42 Å². The molecule has 1 amide bonds. The molecule has 2 aliphatic rings. The van der Waals surface area contributed by atoms with E-state index in [0.717, 1.165) is 4.90 Å². The van der Waals surface area contributed by atoms with E-state index in [2.05, 4.69) is 0 Å². The van der Waals surface area contributed by atoms with Crippen molar-refractivity contribution >= 4 is 17.7 Å². The van der Waals surface area contributed by atoms with E-state index < -0.39 is 29.6 Å². The van der Waals surface area contributed by atoms with Crippen LogP contribution in [0.5, 0.6) is 0 Å². The molecule has 4 atom stereocenters. The summed E-state index contributed by atoms with van der Waals surface area (Å²) in [6.07, 6.45) is 0.296. The lowest BCUT2D eigenvalue weighted by Gasteiger charge is -2.44. The number of carbonyl (C=O) groups excluding carboxylic acids is 2. The number of aliphatic hydroxyl groups is 1. The molecule has 6 heteroatoms. The molecule has 6 nitrogen and oxygen atoms in total. The van der Waals surface area contributed by atoms with Crippen molar-refractivity contribution < 1.29 is 24.6 Å². The Morgan fingerprint density at radius 2 is 2.06 bits per heavy atom. The van der Waals surface area contributed by atoms with Gasteiger partial charge in [0.25, 0.3) is 0 Å². The summed E-state index contributed by atoms with van der Waals surface area (Å²) in [6.45, 7) is 1.51. The van der Waals surface area contributed by atoms with E-state index in [9.17, 15) is 14.4 Å². The molecular formula is C10H13NO5. The molecule has 88 valence electrons. The monoisotopic (exact) mass is 227 g/mol. The lowest BCUT2D eigenvalue weighted by Crippen LogP contribution is -2.63. The number of hydrogen-bond donors (Lipinski definition) is 2. The summed E-state index contributed by atoms with van der Waals surface area (Å²) < 4.78 is 0. The number of carbonyl (C=O) groups is 3. The number of amides is 1. The zero-order chi connectivity index (χ0) is 12.0. The predicted octanol–water partition coefficient (Wildman–Crippen LogP) is -1.13. The minimum atomic E-state index is -1.32. The summed E-state index contributed by atoms with van der Waals surface area (Å²) >= 11 is 0. The van der Waals surface area contributed by atoms with Crippen molar-refractivity contribution in [3.05, 3.63) is 0 Å². The van der Waals surface area contributed by atoms with Crippen molar-refractivity contribution in [2.45, 2.75) is 25.4 Å². The number of ketones is 1. The van der Waals surface area contributed by atoms with Gasteiger partial charge in [-0.1, -0.05) is 6.92 Å². The quantitative estimate of drug-likeness (QED) is 0.470. The highest BCUT2D eigenvalue weighted by Gasteiger charge is 2.62. The Hall–Kier alpha value is -1.43. The number of aliphatic carboxylic acids is 1. The number of fused-ring (bicyclic) bond motifs is 1. The third-order valence-electron chi connectivity index (χ3n) is 3.49. The summed E-state index contributed by atoms with van der Waals surface area (Å²) in [5.74, 6) is -2.85. The van der Waals surface area contributed by atoms with E-state index in [1.807, 2.05) is 0 Å². The van der Waals surface area contributed by atoms with Crippen LogP contribution in [-0.2, 0) is 14.4 Å². The summed E-state index contributed by atoms with van der Waals surface area (Å²) in [7, 11) is 0. The molecule has 0 radical (unpaired) electrons. The average Bonchev–Trinajstić information content (AvgIpc) is 2.46. The summed E-state index contributed by atoms with van der Waals surface area (Å²) in [6, 6.07) is -1.66. The summed E-state index contributed by atoms with van der Waals surface area (Å²) in [4.78, 5) is 35.3. The van der Waals surface area contributed by atoms with Gasteiger partial charge >= 0.3 is 5.97 Å². The van der Waals surface area contributed by atoms with Gasteiger partial charge in [-0.15, -0.1) is 0 Å². The fraction of sp³-hybridized carbons (Fsp3) is 0.700. The zero-order valence-electron chi connectivity index (χ0n) is 8.79. The second-order valence-electron chi connectivity index (χ2n) is 4.29. The van der Waals surface area contributed by atoms with Gasteiger partial charge in [-0.2, -0.15) is 0 Å². The van der Waals surface area contributed by atoms with Crippen molar-refractivity contribution in [3.8, 4) is 0 Å². The van der Waals surface area contributed by atoms with Gasteiger partial charge in [0.1, 0.15) is 0 Å². The molecular weight excluding hydrogens is 214 g/mol. The van der Waals surface area contributed by atoms with Gasteiger partial charge < -0.3 is 15.1 Å². The highest BCUT2D eigenvalue weighted by Crippen LogP contribution is 2.42. The summed E-state index contributed by atoms with van der Waals surface area (Å²) in [5, 5.41) is 17.7. The minimum absolute atomic E-state index is 0.126. The van der Waals surface area contributed by atoms with Crippen molar-refractivity contribution in [2.24, 2.45) is 11.8 Å². The first-order valence-corrected chi connectivity index (χ1v) is 5.20. The van der Waals surface area contributed by atoms with Crippen LogP contribution in [0.25, 0.3) is 0 Å². The average molecular weight is 227 g/mol. The minimum Gasteiger partial charge on any atom is -0.479 e. The third kappa shape index (κ3) is 1.19. The van der Waals surface area contributed by atoms with Crippen LogP contribution in [0.1, 0.15) is 13.3 Å². The van der Waals surface area contributed by atoms with Gasteiger partial charge in [-0.3, -0.25) is 9.59 Å². The maximum absolute atomic E-state index is 11.7. The van der Waals surface area contributed by atoms with Crippen LogP contribution in [0.4, 0.5) is 0 Å². The van der Waals surface area contributed by atoms with Crippen molar-refractivity contribution in [1.29, 1.82) is 0 Å². The van der Waals surface area contributed by atoms with Gasteiger partial charge in [0.2, 0.25) is 5.91 Å². The highest BCUT2D eigenvalue weighted by molar-refractivity contribution is 6.11. The number of β-lactam (4-membered cyclic amide) rings is 1. The first-order valence-electron chi connectivity index (χ1n) is 5.20. The molecule has 0 aromatic heterocycles. The first-order chi connectivity index (χ1) is 7.50. The maximum atomic E-state index is 11.7. The van der Waals surface area contributed by atoms with Crippen molar-refractivity contribution in [2.75, 3.05) is 6.61 Å². The van der Waals surface area contributed by atoms with E-state index in [4.69, 9.17) is 10.2 Å². The Balaban J connectivity index is 2.25. The third-order valence-corrected chi connectivity index (χ3v) is 3.49. The van der Waals surface area contributed by atoms with E-state index in [1.54, 1.807) is 6.92 Å². The second-order valence-corrected chi connectivity index (χ2v) is 4.29. The van der Waals surface area contributed by atoms with Gasteiger partial charge in [0, 0.05) is 12.5 Å². The molecule has 0 spiro atoms. The number of rotatable bonds is 3. The number of carboxylic acids is 1. The first kappa shape index (κ1) is 11.1. The van der Waals surface area contributed by atoms with E-state index in [-0.39, 0.29) is 18.6 Å². The molecule has 2 aliphatic heterocycles. The van der Waals surface area contributed by atoms with Crippen LogP contribution in [0.15, 0.2) is 0 Å². The predicted molar refractivity (Wildman–Crippen MR) is 51.4 cm³/mol. The van der Waals surface area contributed by atoms with Crippen LogP contribution >= 0.6 is 0 Å². The Morgan fingerprint density at radius 3 is 2.56 bits per heavy atom. The Labute approximate surface area is 91.8 Å². The van der Waals surface area contributed by atoms with Crippen LogP contribution in [0.3, 0.4) is 0 Å². The Morgan fingerprint density at radius 1 is 1.44 bits per heavy atom. The molecule has 0 bridgehead atoms. The van der Waals surface area contributed by atoms with Crippen LogP contribution in [-0.4, -0.2) is 51.5 Å². The number of hydrogen-bond acceptors (Lipinski definition) is 4. The highest BCUT2D eigenvalue weighted by atomic mass is 16.4. The second kappa shape index (κ2) is 3.55. The van der Waals surface area contributed by atoms with Crippen LogP contribution < -0.4 is 0 Å². The standard InChI is InChI=1S/C10H13NO5/c1-4-6-5(2-3-12)9(14)11(6)7(8(4)13)10(15)16/h4-7,12H,2-3H2,1H3,(H,15,16)/t4-,5+,6-,7?/m1/s1. The molecule has 0 saturated carbocycles. The van der Waals surface area contributed by atoms with Crippen LogP contribution in [0, 0.1) is 11.8 Å². The molecule has 0 aromatic rings. The molecule has 2 heterocycles. The molecule has 0 aliphatic carbocycles. The fourth-order valence-electron chi connectivity index (χ4n) is 2.71. The molecule has 2 saturated heterocycles. The lowest BCUT2D eigenvalue weighted by molar-refractivity contribution is -0.166. The number of carboxylic acid groups (broad SMARTS) is 1. The van der Waals surface area contributed by atoms with Gasteiger partial charge in [-0.25, -0.2) is 4.79 Å². The fourth-order valence-corrected chi connectivity index (χ4v) is 2.71. The van der Waals surface area contributed by atoms with Crippen molar-refractivity contribution in [3.63, 3.8) is 0 Å². The molecule has 2 rings (SSSR count). The molecule has 16 heavy (non-hydrogen) atoms. The Kier molecular flexibility index (Phi) is 2.46. The number of aliphatic hydroxyl groups excluding tert-OH is 1. The topological polar surface area (TPSA) is 94.9 Å². The smallest absolute Gasteiger partial charge is 0.334 e. The van der Waals surface area contributed by atoms with Gasteiger partial charge in [0.15, 0.2) is 11.8 Å². The molecule has 2 fully saturated rings. The van der Waals surface area contributed by atoms with E-state index in [1.165, 1.54) is 0 Å². The normalized spacial score (nSPS) is 37.2. The number of Topliss-reactive ketones (excluding diaryl/α,β-unsaturated/α-hetero) is 1. The van der Waals surface area contributed by atoms with E-state index >= 15 is 0 Å². The van der Waals surface area contributed by atoms with Crippen molar-refractivity contribution in [1.82, 2.24) is 4.90 Å². The van der Waals surface area contributed by atoms with Gasteiger partial charge in [0.05, 0.1) is 12.0 Å². The maximum Gasteiger partial charge on any atom is 0.334 e. The molecule has 2 N–H and O–H groups in total. The lowest BCUT2D eigenvalue weighted by atomic mass is 9.81. The molecule has 0 aromatic carbocycles. The van der Waals surface area contributed by atoms with E-state index in [0.29, 0.717) is 6.42 Å². The summed E-state index contributed by atoms with van der Waals surface area (Å²) in [5.41, 5.74) is 0.